The van der Waals surface area contributed by atoms with Crippen LogP contribution in [0.3, 0.4) is 0 Å². The van der Waals surface area contributed by atoms with Crippen molar-refractivity contribution in [2.45, 2.75) is 25.0 Å². The molecule has 2 amide bonds. The standard InChI is InChI=1S/C18H22N4O5/c1-22-16-12(20-18(22)27-14-5-6-15(23)21-17(14)24)3-2-4-13(16)26-10-11-9-19-7-8-25-11/h2-4,11,14,19H,5-10H2,1H3,(H,21,23,24)/t11-,14?/m0/s1. The van der Waals surface area contributed by atoms with Crippen molar-refractivity contribution >= 4 is 22.8 Å². The maximum absolute atomic E-state index is 11.9. The van der Waals surface area contributed by atoms with Crippen molar-refractivity contribution in [1.82, 2.24) is 20.2 Å². The zero-order chi connectivity index (χ0) is 18.8. The van der Waals surface area contributed by atoms with Crippen molar-refractivity contribution in [1.29, 1.82) is 0 Å². The summed E-state index contributed by atoms with van der Waals surface area (Å²) < 4.78 is 19.2. The van der Waals surface area contributed by atoms with Gasteiger partial charge in [-0.15, -0.1) is 0 Å². The number of nitrogens with one attached hydrogen (secondary N) is 2. The Hall–Kier alpha value is -2.65. The number of hydrogen-bond acceptors (Lipinski definition) is 7. The van der Waals surface area contributed by atoms with E-state index < -0.39 is 12.0 Å². The lowest BCUT2D eigenvalue weighted by Crippen LogP contribution is -2.46. The Bertz CT molecular complexity index is 859. The molecular weight excluding hydrogens is 352 g/mol. The van der Waals surface area contributed by atoms with E-state index >= 15 is 0 Å². The molecule has 3 heterocycles. The minimum atomic E-state index is -0.732. The van der Waals surface area contributed by atoms with Crippen LogP contribution < -0.4 is 20.1 Å². The normalized spacial score (nSPS) is 23.3. The minimum Gasteiger partial charge on any atom is -0.489 e. The second-order valence-electron chi connectivity index (χ2n) is 6.64. The molecule has 144 valence electrons. The maximum atomic E-state index is 11.9. The Labute approximate surface area is 156 Å². The summed E-state index contributed by atoms with van der Waals surface area (Å²) in [5.41, 5.74) is 1.49. The van der Waals surface area contributed by atoms with Gasteiger partial charge in [0.1, 0.15) is 24.0 Å². The largest absolute Gasteiger partial charge is 0.489 e. The minimum absolute atomic E-state index is 0.00132. The third-order valence-corrected chi connectivity index (χ3v) is 4.68. The van der Waals surface area contributed by atoms with Crippen molar-refractivity contribution < 1.29 is 23.8 Å². The number of amides is 2. The highest BCUT2D eigenvalue weighted by Gasteiger charge is 2.30. The van der Waals surface area contributed by atoms with E-state index in [-0.39, 0.29) is 18.4 Å². The first-order chi connectivity index (χ1) is 13.1. The summed E-state index contributed by atoms with van der Waals surface area (Å²) >= 11 is 0. The molecule has 2 aromatic rings. The van der Waals surface area contributed by atoms with Crippen molar-refractivity contribution in [2.24, 2.45) is 7.05 Å². The molecule has 0 bridgehead atoms. The number of piperidine rings is 1. The molecule has 2 saturated heterocycles. The molecule has 2 fully saturated rings. The molecule has 0 aliphatic carbocycles. The maximum Gasteiger partial charge on any atom is 0.297 e. The molecule has 9 heteroatoms. The summed E-state index contributed by atoms with van der Waals surface area (Å²) in [6.07, 6.45) is -0.140. The lowest BCUT2D eigenvalue weighted by atomic mass is 10.1. The van der Waals surface area contributed by atoms with Crippen LogP contribution in [0.2, 0.25) is 0 Å². The Morgan fingerprint density at radius 3 is 3.04 bits per heavy atom. The summed E-state index contributed by atoms with van der Waals surface area (Å²) in [5, 5.41) is 5.56. The first-order valence-corrected chi connectivity index (χ1v) is 9.02. The highest BCUT2D eigenvalue weighted by atomic mass is 16.5. The SMILES string of the molecule is Cn1c(OC2CCC(=O)NC2=O)nc2cccc(OC[C@@H]3CNCCO3)c21. The molecule has 27 heavy (non-hydrogen) atoms. The molecule has 2 aliphatic heterocycles. The van der Waals surface area contributed by atoms with Crippen LogP contribution in [-0.4, -0.2) is 59.9 Å². The fraction of sp³-hybridized carbons (Fsp3) is 0.500. The van der Waals surface area contributed by atoms with Gasteiger partial charge in [0.2, 0.25) is 5.91 Å². The molecule has 2 N–H and O–H groups in total. The zero-order valence-electron chi connectivity index (χ0n) is 15.1. The monoisotopic (exact) mass is 374 g/mol. The van der Waals surface area contributed by atoms with Crippen LogP contribution in [0.4, 0.5) is 0 Å². The summed E-state index contributed by atoms with van der Waals surface area (Å²) in [7, 11) is 1.81. The lowest BCUT2D eigenvalue weighted by molar-refractivity contribution is -0.139. The van der Waals surface area contributed by atoms with E-state index in [1.165, 1.54) is 0 Å². The van der Waals surface area contributed by atoms with Crippen LogP contribution in [0.1, 0.15) is 12.8 Å². The Morgan fingerprint density at radius 2 is 2.26 bits per heavy atom. The first-order valence-electron chi connectivity index (χ1n) is 9.02. The summed E-state index contributed by atoms with van der Waals surface area (Å²) in [6, 6.07) is 5.90. The van der Waals surface area contributed by atoms with Gasteiger partial charge in [-0.05, 0) is 12.1 Å². The number of imide groups is 1. The quantitative estimate of drug-likeness (QED) is 0.717. The number of ether oxygens (including phenoxy) is 3. The average molecular weight is 374 g/mol. The van der Waals surface area contributed by atoms with Gasteiger partial charge >= 0.3 is 0 Å². The molecule has 1 unspecified atom stereocenters. The predicted molar refractivity (Wildman–Crippen MR) is 95.6 cm³/mol. The predicted octanol–water partition coefficient (Wildman–Crippen LogP) is 0.125. The molecule has 0 radical (unpaired) electrons. The number of nitrogens with zero attached hydrogens (tertiary/aromatic N) is 2. The third kappa shape index (κ3) is 3.74. The van der Waals surface area contributed by atoms with E-state index in [4.69, 9.17) is 14.2 Å². The van der Waals surface area contributed by atoms with E-state index in [1.807, 2.05) is 25.2 Å². The number of rotatable bonds is 5. The molecule has 2 aliphatic rings. The fourth-order valence-corrected chi connectivity index (χ4v) is 3.26. The molecule has 1 aromatic heterocycles. The van der Waals surface area contributed by atoms with Gasteiger partial charge < -0.3 is 19.5 Å². The van der Waals surface area contributed by atoms with Gasteiger partial charge in [0.05, 0.1) is 12.1 Å². The number of morpholine rings is 1. The van der Waals surface area contributed by atoms with E-state index in [9.17, 15) is 9.59 Å². The van der Waals surface area contributed by atoms with Gasteiger partial charge in [0, 0.05) is 33.0 Å². The summed E-state index contributed by atoms with van der Waals surface area (Å²) in [4.78, 5) is 27.7. The smallest absolute Gasteiger partial charge is 0.297 e. The Kier molecular flexibility index (Phi) is 4.95. The first kappa shape index (κ1) is 17.7. The van der Waals surface area contributed by atoms with Crippen LogP contribution in [0, 0.1) is 0 Å². The van der Waals surface area contributed by atoms with E-state index in [0.29, 0.717) is 36.9 Å². The summed E-state index contributed by atoms with van der Waals surface area (Å²) in [5.74, 6) is -0.0357. The van der Waals surface area contributed by atoms with Gasteiger partial charge in [-0.25, -0.2) is 0 Å². The van der Waals surface area contributed by atoms with E-state index in [0.717, 1.165) is 18.6 Å². The molecule has 2 atom stereocenters. The number of aryl methyl sites for hydroxylation is 1. The topological polar surface area (TPSA) is 104 Å². The van der Waals surface area contributed by atoms with Gasteiger partial charge in [-0.1, -0.05) is 6.07 Å². The van der Waals surface area contributed by atoms with Crippen LogP contribution in [-0.2, 0) is 21.4 Å². The van der Waals surface area contributed by atoms with Gasteiger partial charge in [-0.2, -0.15) is 4.98 Å². The van der Waals surface area contributed by atoms with Crippen LogP contribution in [0.25, 0.3) is 11.0 Å². The molecule has 0 saturated carbocycles. The molecule has 9 nitrogen and oxygen atoms in total. The van der Waals surface area contributed by atoms with Crippen molar-refractivity contribution in [3.63, 3.8) is 0 Å². The average Bonchev–Trinajstić information content (AvgIpc) is 2.99. The van der Waals surface area contributed by atoms with Gasteiger partial charge in [0.15, 0.2) is 6.10 Å². The lowest BCUT2D eigenvalue weighted by Gasteiger charge is -2.23. The van der Waals surface area contributed by atoms with Gasteiger partial charge in [0.25, 0.3) is 11.9 Å². The third-order valence-electron chi connectivity index (χ3n) is 4.68. The molecule has 1 aromatic carbocycles. The van der Waals surface area contributed by atoms with E-state index in [1.54, 1.807) is 4.57 Å². The van der Waals surface area contributed by atoms with Crippen LogP contribution in [0.15, 0.2) is 18.2 Å². The van der Waals surface area contributed by atoms with Crippen molar-refractivity contribution in [2.75, 3.05) is 26.3 Å². The van der Waals surface area contributed by atoms with Crippen molar-refractivity contribution in [3.05, 3.63) is 18.2 Å². The number of imidazole rings is 1. The number of para-hydroxylation sites is 1. The van der Waals surface area contributed by atoms with Crippen molar-refractivity contribution in [3.8, 4) is 11.8 Å². The molecular formula is C18H22N4O5. The highest BCUT2D eigenvalue weighted by Crippen LogP contribution is 2.30. The Balaban J connectivity index is 1.52. The Morgan fingerprint density at radius 1 is 1.37 bits per heavy atom. The number of hydrogen-bond donors (Lipinski definition) is 2. The number of fused-ring (bicyclic) bond motifs is 1. The van der Waals surface area contributed by atoms with E-state index in [2.05, 4.69) is 15.6 Å². The second-order valence-corrected chi connectivity index (χ2v) is 6.64. The zero-order valence-corrected chi connectivity index (χ0v) is 15.1. The number of aromatic nitrogens is 2. The number of carbonyl (C=O) groups is 2. The van der Waals surface area contributed by atoms with Crippen LogP contribution in [0.5, 0.6) is 11.8 Å². The highest BCUT2D eigenvalue weighted by molar-refractivity contribution is 5.99. The number of benzene rings is 1. The fourth-order valence-electron chi connectivity index (χ4n) is 3.26. The second kappa shape index (κ2) is 7.53. The number of carbonyl (C=O) groups excluding carboxylic acids is 2. The summed E-state index contributed by atoms with van der Waals surface area (Å²) in [6.45, 7) is 2.72. The van der Waals surface area contributed by atoms with Crippen LogP contribution >= 0.6 is 0 Å². The molecule has 4 rings (SSSR count). The van der Waals surface area contributed by atoms with Gasteiger partial charge in [-0.3, -0.25) is 19.5 Å². The molecule has 0 spiro atoms.